The molecule has 30 heavy (non-hydrogen) atoms. The highest BCUT2D eigenvalue weighted by atomic mass is 127. The maximum Gasteiger partial charge on any atom is 0.194 e. The Labute approximate surface area is 199 Å². The molecule has 0 aromatic heterocycles. The summed E-state index contributed by atoms with van der Waals surface area (Å²) < 4.78 is 16.8. The first kappa shape index (κ1) is 27.0. The molecule has 7 heteroatoms. The molecule has 0 aliphatic carbocycles. The van der Waals surface area contributed by atoms with Crippen LogP contribution in [-0.4, -0.2) is 70.6 Å². The Bertz CT molecular complexity index is 634. The average molecular weight is 533 g/mol. The third kappa shape index (κ3) is 8.98. The summed E-state index contributed by atoms with van der Waals surface area (Å²) in [5, 5.41) is 3.42. The second-order valence-electron chi connectivity index (χ2n) is 8.50. The van der Waals surface area contributed by atoms with Crippen LogP contribution in [0.25, 0.3) is 0 Å². The lowest BCUT2D eigenvalue weighted by Crippen LogP contribution is -2.40. The second kappa shape index (κ2) is 14.1. The highest BCUT2D eigenvalue weighted by Crippen LogP contribution is 2.30. The standard InChI is InChI=1S/C23H39N3O3.HI/c1-6-24-22(26-13-11-19(17-26)18-28-16-15-27-5)25-12-14-29-21-10-8-7-9-20(21)23(2,3)4;/h7-10,19H,6,11-18H2,1-5H3,(H,24,25);1H. The van der Waals surface area contributed by atoms with Gasteiger partial charge in [0.15, 0.2) is 5.96 Å². The lowest BCUT2D eigenvalue weighted by Gasteiger charge is -2.23. The van der Waals surface area contributed by atoms with Gasteiger partial charge in [-0.1, -0.05) is 39.0 Å². The van der Waals surface area contributed by atoms with E-state index >= 15 is 0 Å². The van der Waals surface area contributed by atoms with Gasteiger partial charge in [-0.3, -0.25) is 0 Å². The van der Waals surface area contributed by atoms with Crippen LogP contribution in [0.4, 0.5) is 0 Å². The predicted octanol–water partition coefficient (Wildman–Crippen LogP) is 3.93. The molecule has 1 heterocycles. The summed E-state index contributed by atoms with van der Waals surface area (Å²) in [6, 6.07) is 8.28. The van der Waals surface area contributed by atoms with E-state index in [0.29, 0.717) is 32.3 Å². The van der Waals surface area contributed by atoms with Gasteiger partial charge in [-0.05, 0) is 30.4 Å². The monoisotopic (exact) mass is 533 g/mol. The zero-order valence-corrected chi connectivity index (χ0v) is 21.6. The Morgan fingerprint density at radius 3 is 2.67 bits per heavy atom. The number of hydrogen-bond donors (Lipinski definition) is 1. The van der Waals surface area contributed by atoms with Crippen molar-refractivity contribution in [3.05, 3.63) is 29.8 Å². The molecule has 0 amide bonds. The fraction of sp³-hybridized carbons (Fsp3) is 0.696. The van der Waals surface area contributed by atoms with Crippen LogP contribution in [-0.2, 0) is 14.9 Å². The van der Waals surface area contributed by atoms with Gasteiger partial charge in [-0.2, -0.15) is 0 Å². The molecule has 0 spiro atoms. The number of guanidine groups is 1. The molecular weight excluding hydrogens is 493 g/mol. The van der Waals surface area contributed by atoms with Crippen LogP contribution < -0.4 is 10.1 Å². The number of likely N-dealkylation sites (tertiary alicyclic amines) is 1. The van der Waals surface area contributed by atoms with E-state index in [0.717, 1.165) is 44.4 Å². The van der Waals surface area contributed by atoms with E-state index in [2.05, 4.69) is 50.0 Å². The highest BCUT2D eigenvalue weighted by molar-refractivity contribution is 14.0. The van der Waals surface area contributed by atoms with Crippen molar-refractivity contribution in [2.45, 2.75) is 39.5 Å². The van der Waals surface area contributed by atoms with Gasteiger partial charge in [0.1, 0.15) is 12.4 Å². The summed E-state index contributed by atoms with van der Waals surface area (Å²) in [5.41, 5.74) is 1.29. The van der Waals surface area contributed by atoms with Crippen molar-refractivity contribution in [3.63, 3.8) is 0 Å². The first-order chi connectivity index (χ1) is 14.0. The number of nitrogens with one attached hydrogen (secondary N) is 1. The van der Waals surface area contributed by atoms with Gasteiger partial charge >= 0.3 is 0 Å². The van der Waals surface area contributed by atoms with Gasteiger partial charge in [-0.25, -0.2) is 4.99 Å². The molecule has 1 unspecified atom stereocenters. The highest BCUT2D eigenvalue weighted by Gasteiger charge is 2.25. The molecule has 1 aliphatic heterocycles. The van der Waals surface area contributed by atoms with E-state index in [1.54, 1.807) is 7.11 Å². The molecule has 0 bridgehead atoms. The molecule has 0 radical (unpaired) electrons. The number of para-hydroxylation sites is 1. The first-order valence-electron chi connectivity index (χ1n) is 10.8. The fourth-order valence-corrected chi connectivity index (χ4v) is 3.50. The molecule has 1 N–H and O–H groups in total. The van der Waals surface area contributed by atoms with E-state index < -0.39 is 0 Å². The number of rotatable bonds is 10. The normalized spacial score (nSPS) is 17.0. The topological polar surface area (TPSA) is 55.3 Å². The quantitative estimate of drug-likeness (QED) is 0.214. The number of benzene rings is 1. The van der Waals surface area contributed by atoms with Crippen LogP contribution in [0, 0.1) is 5.92 Å². The number of nitrogens with zero attached hydrogens (tertiary/aromatic N) is 2. The lowest BCUT2D eigenvalue weighted by molar-refractivity contribution is 0.0536. The van der Waals surface area contributed by atoms with E-state index in [9.17, 15) is 0 Å². The van der Waals surface area contributed by atoms with Gasteiger partial charge in [-0.15, -0.1) is 24.0 Å². The van der Waals surface area contributed by atoms with Crippen LogP contribution in [0.5, 0.6) is 5.75 Å². The fourth-order valence-electron chi connectivity index (χ4n) is 3.50. The van der Waals surface area contributed by atoms with Gasteiger partial charge < -0.3 is 24.4 Å². The summed E-state index contributed by atoms with van der Waals surface area (Å²) in [7, 11) is 1.70. The zero-order valence-electron chi connectivity index (χ0n) is 19.3. The van der Waals surface area contributed by atoms with Crippen LogP contribution in [0.3, 0.4) is 0 Å². The minimum Gasteiger partial charge on any atom is -0.491 e. The molecule has 1 aromatic rings. The summed E-state index contributed by atoms with van der Waals surface area (Å²) in [5.74, 6) is 2.47. The van der Waals surface area contributed by atoms with Crippen LogP contribution in [0.2, 0.25) is 0 Å². The van der Waals surface area contributed by atoms with Crippen LogP contribution in [0.1, 0.15) is 39.7 Å². The van der Waals surface area contributed by atoms with E-state index in [-0.39, 0.29) is 29.4 Å². The maximum atomic E-state index is 6.07. The Morgan fingerprint density at radius 1 is 1.20 bits per heavy atom. The molecule has 0 saturated carbocycles. The summed E-state index contributed by atoms with van der Waals surface area (Å²) >= 11 is 0. The first-order valence-corrected chi connectivity index (χ1v) is 10.8. The molecule has 2 rings (SSSR count). The SMILES string of the molecule is CCNC(=NCCOc1ccccc1C(C)(C)C)N1CCC(COCCOC)C1.I. The number of halogens is 1. The Balaban J connectivity index is 0.00000450. The maximum absolute atomic E-state index is 6.07. The third-order valence-corrected chi connectivity index (χ3v) is 5.01. The number of hydrogen-bond acceptors (Lipinski definition) is 4. The molecule has 1 saturated heterocycles. The number of aliphatic imine (C=N–C) groups is 1. The van der Waals surface area contributed by atoms with Crippen molar-refractivity contribution in [1.82, 2.24) is 10.2 Å². The van der Waals surface area contributed by atoms with Crippen molar-refractivity contribution >= 4 is 29.9 Å². The Kier molecular flexibility index (Phi) is 12.7. The van der Waals surface area contributed by atoms with Gasteiger partial charge in [0, 0.05) is 32.7 Å². The summed E-state index contributed by atoms with van der Waals surface area (Å²) in [6.07, 6.45) is 1.13. The van der Waals surface area contributed by atoms with Crippen molar-refractivity contribution < 1.29 is 14.2 Å². The van der Waals surface area contributed by atoms with Gasteiger partial charge in [0.2, 0.25) is 0 Å². The molecule has 1 aromatic carbocycles. The smallest absolute Gasteiger partial charge is 0.194 e. The molecule has 1 fully saturated rings. The van der Waals surface area contributed by atoms with Crippen molar-refractivity contribution in [1.29, 1.82) is 0 Å². The Morgan fingerprint density at radius 2 is 1.97 bits per heavy atom. The van der Waals surface area contributed by atoms with Gasteiger partial charge in [0.05, 0.1) is 26.4 Å². The molecular formula is C23H40IN3O3. The van der Waals surface area contributed by atoms with E-state index in [1.807, 2.05) is 12.1 Å². The third-order valence-electron chi connectivity index (χ3n) is 5.01. The molecule has 172 valence electrons. The second-order valence-corrected chi connectivity index (χ2v) is 8.50. The summed E-state index contributed by atoms with van der Waals surface area (Å²) in [4.78, 5) is 7.12. The van der Waals surface area contributed by atoms with Crippen molar-refractivity contribution in [2.24, 2.45) is 10.9 Å². The van der Waals surface area contributed by atoms with Crippen LogP contribution >= 0.6 is 24.0 Å². The van der Waals surface area contributed by atoms with E-state index in [4.69, 9.17) is 19.2 Å². The molecule has 1 aliphatic rings. The molecule has 1 atom stereocenters. The van der Waals surface area contributed by atoms with Gasteiger partial charge in [0.25, 0.3) is 0 Å². The van der Waals surface area contributed by atoms with E-state index in [1.165, 1.54) is 5.56 Å². The number of ether oxygens (including phenoxy) is 3. The van der Waals surface area contributed by atoms with Crippen LogP contribution in [0.15, 0.2) is 29.3 Å². The summed E-state index contributed by atoms with van der Waals surface area (Å²) in [6.45, 7) is 14.9. The predicted molar refractivity (Wildman–Crippen MR) is 134 cm³/mol. The minimum atomic E-state index is 0. The Hall–Kier alpha value is -1.06. The number of methoxy groups -OCH3 is 1. The van der Waals surface area contributed by atoms with Crippen molar-refractivity contribution in [3.8, 4) is 5.75 Å². The largest absolute Gasteiger partial charge is 0.491 e. The average Bonchev–Trinajstić information content (AvgIpc) is 3.16. The van der Waals surface area contributed by atoms with Crippen molar-refractivity contribution in [2.75, 3.05) is 59.7 Å². The minimum absolute atomic E-state index is 0. The zero-order chi connectivity index (χ0) is 21.1. The lowest BCUT2D eigenvalue weighted by atomic mass is 9.86. The molecule has 6 nitrogen and oxygen atoms in total.